The van der Waals surface area contributed by atoms with Gasteiger partial charge in [-0.2, -0.15) is 0 Å². The molecule has 1 aliphatic heterocycles. The zero-order chi connectivity index (χ0) is 17.9. The van der Waals surface area contributed by atoms with Gasteiger partial charge in [-0.3, -0.25) is 9.59 Å². The van der Waals surface area contributed by atoms with Gasteiger partial charge in [-0.1, -0.05) is 25.1 Å². The lowest BCUT2D eigenvalue weighted by molar-refractivity contribution is -0.147. The van der Waals surface area contributed by atoms with Crippen LogP contribution < -0.4 is 10.1 Å². The van der Waals surface area contributed by atoms with E-state index >= 15 is 0 Å². The molecule has 1 unspecified atom stereocenters. The second-order valence-electron chi connectivity index (χ2n) is 7.13. The van der Waals surface area contributed by atoms with Gasteiger partial charge in [0.1, 0.15) is 11.2 Å². The Balaban J connectivity index is 1.66. The predicted octanol–water partition coefficient (Wildman–Crippen LogP) is 2.88. The van der Waals surface area contributed by atoms with Crippen molar-refractivity contribution in [3.05, 3.63) is 29.8 Å². The van der Waals surface area contributed by atoms with Crippen LogP contribution in [-0.4, -0.2) is 36.4 Å². The molecular weight excluding hydrogens is 316 g/mol. The SMILES string of the molecule is CCC1CCCCN1C(=O)C1(C(=O)NCc2ccccc2OC)CC1. The van der Waals surface area contributed by atoms with Crippen LogP contribution in [0.25, 0.3) is 0 Å². The van der Waals surface area contributed by atoms with Gasteiger partial charge in [0.15, 0.2) is 0 Å². The van der Waals surface area contributed by atoms with Crippen molar-refractivity contribution in [2.45, 2.75) is 58.0 Å². The molecule has 5 nitrogen and oxygen atoms in total. The first-order valence-electron chi connectivity index (χ1n) is 9.33. The van der Waals surface area contributed by atoms with Crippen molar-refractivity contribution in [3.63, 3.8) is 0 Å². The second-order valence-corrected chi connectivity index (χ2v) is 7.13. The summed E-state index contributed by atoms with van der Waals surface area (Å²) in [6.07, 6.45) is 5.56. The monoisotopic (exact) mass is 344 g/mol. The molecule has 2 amide bonds. The van der Waals surface area contributed by atoms with Gasteiger partial charge in [0.2, 0.25) is 11.8 Å². The summed E-state index contributed by atoms with van der Waals surface area (Å²) < 4.78 is 5.32. The minimum atomic E-state index is -0.827. The predicted molar refractivity (Wildman–Crippen MR) is 96.2 cm³/mol. The van der Waals surface area contributed by atoms with E-state index in [1.165, 1.54) is 6.42 Å². The quantitative estimate of drug-likeness (QED) is 0.807. The average Bonchev–Trinajstić information content (AvgIpc) is 3.47. The van der Waals surface area contributed by atoms with Crippen LogP contribution in [0.5, 0.6) is 5.75 Å². The van der Waals surface area contributed by atoms with Crippen LogP contribution in [0, 0.1) is 5.41 Å². The highest BCUT2D eigenvalue weighted by molar-refractivity contribution is 6.08. The largest absolute Gasteiger partial charge is 0.496 e. The van der Waals surface area contributed by atoms with Crippen molar-refractivity contribution >= 4 is 11.8 Å². The lowest BCUT2D eigenvalue weighted by Gasteiger charge is -2.37. The number of piperidine rings is 1. The number of ether oxygens (including phenoxy) is 1. The van der Waals surface area contributed by atoms with Gasteiger partial charge in [-0.15, -0.1) is 0 Å². The molecule has 0 aromatic heterocycles. The summed E-state index contributed by atoms with van der Waals surface area (Å²) in [5, 5.41) is 2.96. The van der Waals surface area contributed by atoms with Gasteiger partial charge < -0.3 is 15.0 Å². The third kappa shape index (κ3) is 3.51. The van der Waals surface area contributed by atoms with Crippen molar-refractivity contribution in [2.24, 2.45) is 5.41 Å². The highest BCUT2D eigenvalue weighted by Crippen LogP contribution is 2.48. The number of hydrogen-bond acceptors (Lipinski definition) is 3. The number of likely N-dealkylation sites (tertiary alicyclic amines) is 1. The maximum absolute atomic E-state index is 13.1. The highest BCUT2D eigenvalue weighted by atomic mass is 16.5. The van der Waals surface area contributed by atoms with E-state index in [1.807, 2.05) is 29.2 Å². The van der Waals surface area contributed by atoms with E-state index in [1.54, 1.807) is 7.11 Å². The van der Waals surface area contributed by atoms with Gasteiger partial charge >= 0.3 is 0 Å². The summed E-state index contributed by atoms with van der Waals surface area (Å²) >= 11 is 0. The number of carbonyl (C=O) groups excluding carboxylic acids is 2. The lowest BCUT2D eigenvalue weighted by Crippen LogP contribution is -2.50. The number of carbonyl (C=O) groups is 2. The minimum Gasteiger partial charge on any atom is -0.496 e. The van der Waals surface area contributed by atoms with Gasteiger partial charge in [0.05, 0.1) is 7.11 Å². The number of benzene rings is 1. The third-order valence-corrected chi connectivity index (χ3v) is 5.59. The van der Waals surface area contributed by atoms with Crippen molar-refractivity contribution in [2.75, 3.05) is 13.7 Å². The topological polar surface area (TPSA) is 58.6 Å². The van der Waals surface area contributed by atoms with Crippen LogP contribution in [0.1, 0.15) is 51.0 Å². The van der Waals surface area contributed by atoms with Crippen molar-refractivity contribution in [1.82, 2.24) is 10.2 Å². The summed E-state index contributed by atoms with van der Waals surface area (Å²) in [5.74, 6) is 0.654. The molecule has 1 saturated carbocycles. The molecule has 1 atom stereocenters. The van der Waals surface area contributed by atoms with E-state index in [4.69, 9.17) is 4.74 Å². The summed E-state index contributed by atoms with van der Waals surface area (Å²) in [6, 6.07) is 7.91. The molecule has 1 aliphatic carbocycles. The van der Waals surface area contributed by atoms with Crippen LogP contribution in [0.2, 0.25) is 0 Å². The molecule has 25 heavy (non-hydrogen) atoms. The van der Waals surface area contributed by atoms with Crippen molar-refractivity contribution in [1.29, 1.82) is 0 Å². The van der Waals surface area contributed by atoms with Crippen LogP contribution in [-0.2, 0) is 16.1 Å². The molecule has 1 aromatic carbocycles. The number of nitrogens with one attached hydrogen (secondary N) is 1. The van der Waals surface area contributed by atoms with E-state index in [0.717, 1.165) is 37.1 Å². The van der Waals surface area contributed by atoms with E-state index in [2.05, 4.69) is 12.2 Å². The maximum atomic E-state index is 13.1. The Labute approximate surface area is 149 Å². The smallest absolute Gasteiger partial charge is 0.238 e. The minimum absolute atomic E-state index is 0.0385. The third-order valence-electron chi connectivity index (χ3n) is 5.59. The fraction of sp³-hybridized carbons (Fsp3) is 0.600. The zero-order valence-corrected chi connectivity index (χ0v) is 15.2. The Hall–Kier alpha value is -2.04. The standard InChI is InChI=1S/C20H28N2O3/c1-3-16-9-6-7-13-22(16)19(24)20(11-12-20)18(23)21-14-15-8-4-5-10-17(15)25-2/h4-5,8,10,16H,3,6-7,9,11-14H2,1-2H3,(H,21,23). The number of hydrogen-bond donors (Lipinski definition) is 1. The van der Waals surface area contributed by atoms with Crippen LogP contribution in [0.3, 0.4) is 0 Å². The molecule has 1 aromatic rings. The Morgan fingerprint density at radius 1 is 1.28 bits per heavy atom. The summed E-state index contributed by atoms with van der Waals surface area (Å²) in [6.45, 7) is 3.30. The number of amides is 2. The molecule has 5 heteroatoms. The van der Waals surface area contributed by atoms with Crippen molar-refractivity contribution in [3.8, 4) is 5.75 Å². The Kier molecular flexibility index (Phi) is 5.30. The first kappa shape index (κ1) is 17.8. The fourth-order valence-electron chi connectivity index (χ4n) is 3.82. The second kappa shape index (κ2) is 7.46. The maximum Gasteiger partial charge on any atom is 0.238 e. The fourth-order valence-corrected chi connectivity index (χ4v) is 3.82. The molecule has 0 spiro atoms. The Bertz CT molecular complexity index is 640. The Morgan fingerprint density at radius 2 is 2.04 bits per heavy atom. The molecule has 1 heterocycles. The number of rotatable bonds is 6. The first-order valence-corrected chi connectivity index (χ1v) is 9.33. The summed E-state index contributed by atoms with van der Waals surface area (Å²) in [5.41, 5.74) is 0.0956. The molecule has 1 saturated heterocycles. The van der Waals surface area contributed by atoms with Crippen LogP contribution >= 0.6 is 0 Å². The van der Waals surface area contributed by atoms with Crippen LogP contribution in [0.15, 0.2) is 24.3 Å². The van der Waals surface area contributed by atoms with Gasteiger partial charge in [0.25, 0.3) is 0 Å². The van der Waals surface area contributed by atoms with E-state index in [0.29, 0.717) is 25.4 Å². The van der Waals surface area contributed by atoms with E-state index in [-0.39, 0.29) is 11.8 Å². The molecule has 0 bridgehead atoms. The summed E-state index contributed by atoms with van der Waals surface area (Å²) in [4.78, 5) is 27.8. The summed E-state index contributed by atoms with van der Waals surface area (Å²) in [7, 11) is 1.62. The molecule has 136 valence electrons. The van der Waals surface area contributed by atoms with Crippen molar-refractivity contribution < 1.29 is 14.3 Å². The van der Waals surface area contributed by atoms with Crippen LogP contribution in [0.4, 0.5) is 0 Å². The molecular formula is C20H28N2O3. The molecule has 0 radical (unpaired) electrons. The Morgan fingerprint density at radius 3 is 2.72 bits per heavy atom. The number of nitrogens with zero attached hydrogens (tertiary/aromatic N) is 1. The molecule has 2 aliphatic rings. The molecule has 2 fully saturated rings. The van der Waals surface area contributed by atoms with Gasteiger partial charge in [-0.05, 0) is 44.6 Å². The van der Waals surface area contributed by atoms with E-state index < -0.39 is 5.41 Å². The van der Waals surface area contributed by atoms with E-state index in [9.17, 15) is 9.59 Å². The van der Waals surface area contributed by atoms with Gasteiger partial charge in [-0.25, -0.2) is 0 Å². The zero-order valence-electron chi connectivity index (χ0n) is 15.2. The molecule has 3 rings (SSSR count). The lowest BCUT2D eigenvalue weighted by atomic mass is 9.95. The molecule has 1 N–H and O–H groups in total. The van der Waals surface area contributed by atoms with Gasteiger partial charge in [0, 0.05) is 24.7 Å². The first-order chi connectivity index (χ1) is 12.1. The normalized spacial score (nSPS) is 21.5. The average molecular weight is 344 g/mol. The number of para-hydroxylation sites is 1. The number of methoxy groups -OCH3 is 1. The highest BCUT2D eigenvalue weighted by Gasteiger charge is 2.58.